The van der Waals surface area contributed by atoms with Gasteiger partial charge < -0.3 is 15.1 Å². The summed E-state index contributed by atoms with van der Waals surface area (Å²) in [6, 6.07) is 6.33. The molecule has 5 heteroatoms. The second kappa shape index (κ2) is 10.7. The lowest BCUT2D eigenvalue weighted by molar-refractivity contribution is 0.148. The monoisotopic (exact) mass is 398 g/mol. The number of anilines is 2. The van der Waals surface area contributed by atoms with Crippen LogP contribution in [0, 0.1) is 6.92 Å². The molecule has 29 heavy (non-hydrogen) atoms. The van der Waals surface area contributed by atoms with Crippen LogP contribution < -0.4 is 10.2 Å². The van der Waals surface area contributed by atoms with Crippen LogP contribution in [0.4, 0.5) is 16.2 Å². The van der Waals surface area contributed by atoms with E-state index in [0.29, 0.717) is 0 Å². The fraction of sp³-hybridized carbons (Fsp3) is 0.625. The Kier molecular flexibility index (Phi) is 7.99. The zero-order valence-corrected chi connectivity index (χ0v) is 18.5. The van der Waals surface area contributed by atoms with Crippen molar-refractivity contribution in [2.45, 2.75) is 52.9 Å². The van der Waals surface area contributed by atoms with E-state index in [2.05, 4.69) is 54.1 Å². The molecule has 1 aromatic carbocycles. The highest BCUT2D eigenvalue weighted by atomic mass is 16.2. The maximum atomic E-state index is 12.7. The molecular weight excluding hydrogens is 360 g/mol. The van der Waals surface area contributed by atoms with Crippen LogP contribution in [-0.2, 0) is 0 Å². The summed E-state index contributed by atoms with van der Waals surface area (Å²) in [6.45, 7) is 13.1. The van der Waals surface area contributed by atoms with Gasteiger partial charge in [0.1, 0.15) is 0 Å². The van der Waals surface area contributed by atoms with Crippen molar-refractivity contribution in [1.29, 1.82) is 0 Å². The van der Waals surface area contributed by atoms with Gasteiger partial charge in [0.2, 0.25) is 0 Å². The number of nitrogens with one attached hydrogen (secondary N) is 1. The third-order valence-corrected chi connectivity index (χ3v) is 6.37. The minimum absolute atomic E-state index is 0.0262. The second-order valence-corrected chi connectivity index (χ2v) is 8.29. The third kappa shape index (κ3) is 5.99. The standard InChI is InChI=1S/C24H38N4O/c1-4-27(5-2)22-11-12-23(20(3)19-22)25-24(29)28-17-15-26(16-18-28)14-13-21-9-7-6-8-10-21/h9,11-12,19H,4-8,10,13-18H2,1-3H3,(H,25,29). The Labute approximate surface area is 176 Å². The van der Waals surface area contributed by atoms with E-state index < -0.39 is 0 Å². The third-order valence-electron chi connectivity index (χ3n) is 6.37. The number of piperazine rings is 1. The van der Waals surface area contributed by atoms with Gasteiger partial charge in [0, 0.05) is 57.2 Å². The van der Waals surface area contributed by atoms with Crippen molar-refractivity contribution in [2.24, 2.45) is 0 Å². The molecule has 160 valence electrons. The van der Waals surface area contributed by atoms with Crippen molar-refractivity contribution in [3.63, 3.8) is 0 Å². The topological polar surface area (TPSA) is 38.8 Å². The molecule has 1 aromatic rings. The van der Waals surface area contributed by atoms with Gasteiger partial charge in [-0.15, -0.1) is 0 Å². The number of carbonyl (C=O) groups is 1. The molecule has 0 radical (unpaired) electrons. The van der Waals surface area contributed by atoms with Crippen LogP contribution in [0.2, 0.25) is 0 Å². The molecule has 0 unspecified atom stereocenters. The van der Waals surface area contributed by atoms with Crippen molar-refractivity contribution in [2.75, 3.05) is 56.0 Å². The molecule has 1 aliphatic carbocycles. The fourth-order valence-electron chi connectivity index (χ4n) is 4.38. The predicted octanol–water partition coefficient (Wildman–Crippen LogP) is 4.88. The Morgan fingerprint density at radius 2 is 1.86 bits per heavy atom. The number of amides is 2. The number of hydrogen-bond acceptors (Lipinski definition) is 3. The summed E-state index contributed by atoms with van der Waals surface area (Å²) in [5.41, 5.74) is 4.88. The summed E-state index contributed by atoms with van der Waals surface area (Å²) in [4.78, 5) is 19.5. The van der Waals surface area contributed by atoms with Crippen LogP contribution in [-0.4, -0.2) is 61.6 Å². The highest BCUT2D eigenvalue weighted by molar-refractivity contribution is 5.90. The molecule has 2 amide bonds. The molecule has 1 N–H and O–H groups in total. The summed E-state index contributed by atoms with van der Waals surface area (Å²) in [5.74, 6) is 0. The predicted molar refractivity (Wildman–Crippen MR) is 123 cm³/mol. The molecule has 0 atom stereocenters. The van der Waals surface area contributed by atoms with Crippen LogP contribution in [0.3, 0.4) is 0 Å². The number of carbonyl (C=O) groups excluding carboxylic acids is 1. The Balaban J connectivity index is 1.46. The van der Waals surface area contributed by atoms with E-state index in [0.717, 1.165) is 57.1 Å². The van der Waals surface area contributed by atoms with Gasteiger partial charge in [-0.3, -0.25) is 4.90 Å². The van der Waals surface area contributed by atoms with E-state index >= 15 is 0 Å². The summed E-state index contributed by atoms with van der Waals surface area (Å²) < 4.78 is 0. The Bertz CT molecular complexity index is 703. The van der Waals surface area contributed by atoms with Gasteiger partial charge >= 0.3 is 6.03 Å². The number of hydrogen-bond donors (Lipinski definition) is 1. The molecule has 2 aliphatic rings. The Morgan fingerprint density at radius 3 is 2.48 bits per heavy atom. The number of urea groups is 1. The number of nitrogens with zero attached hydrogens (tertiary/aromatic N) is 3. The smallest absolute Gasteiger partial charge is 0.321 e. The fourth-order valence-corrected chi connectivity index (χ4v) is 4.38. The highest BCUT2D eigenvalue weighted by Gasteiger charge is 2.21. The Hall–Kier alpha value is -2.01. The lowest BCUT2D eigenvalue weighted by atomic mass is 9.97. The first kappa shape index (κ1) is 21.7. The molecule has 0 bridgehead atoms. The van der Waals surface area contributed by atoms with E-state index in [1.54, 1.807) is 5.57 Å². The average molecular weight is 399 g/mol. The largest absolute Gasteiger partial charge is 0.372 e. The molecule has 1 fully saturated rings. The van der Waals surface area contributed by atoms with Gasteiger partial charge in [0.25, 0.3) is 0 Å². The van der Waals surface area contributed by atoms with Gasteiger partial charge in [0.15, 0.2) is 0 Å². The molecule has 5 nitrogen and oxygen atoms in total. The number of rotatable bonds is 7. The van der Waals surface area contributed by atoms with Crippen LogP contribution in [0.15, 0.2) is 29.8 Å². The average Bonchev–Trinajstić information content (AvgIpc) is 2.76. The van der Waals surface area contributed by atoms with Crippen LogP contribution in [0.5, 0.6) is 0 Å². The first-order valence-electron chi connectivity index (χ1n) is 11.4. The lowest BCUT2D eigenvalue weighted by Crippen LogP contribution is -2.50. The summed E-state index contributed by atoms with van der Waals surface area (Å²) in [5, 5.41) is 3.12. The van der Waals surface area contributed by atoms with E-state index in [-0.39, 0.29) is 6.03 Å². The van der Waals surface area contributed by atoms with Crippen LogP contribution in [0.1, 0.15) is 51.5 Å². The molecule has 0 aromatic heterocycles. The first-order chi connectivity index (χ1) is 14.1. The lowest BCUT2D eigenvalue weighted by Gasteiger charge is -2.35. The van der Waals surface area contributed by atoms with Crippen molar-refractivity contribution in [1.82, 2.24) is 9.80 Å². The maximum Gasteiger partial charge on any atom is 0.321 e. The van der Waals surface area contributed by atoms with Gasteiger partial charge in [-0.05, 0) is 76.6 Å². The highest BCUT2D eigenvalue weighted by Crippen LogP contribution is 2.23. The minimum Gasteiger partial charge on any atom is -0.372 e. The molecule has 0 spiro atoms. The van der Waals surface area contributed by atoms with Gasteiger partial charge in [-0.2, -0.15) is 0 Å². The zero-order chi connectivity index (χ0) is 20.6. The molecule has 0 saturated carbocycles. The summed E-state index contributed by atoms with van der Waals surface area (Å²) in [7, 11) is 0. The minimum atomic E-state index is 0.0262. The Morgan fingerprint density at radius 1 is 1.10 bits per heavy atom. The number of allylic oxidation sites excluding steroid dienone is 1. The van der Waals surface area contributed by atoms with Crippen LogP contribution in [0.25, 0.3) is 0 Å². The number of aryl methyl sites for hydroxylation is 1. The molecule has 3 rings (SSSR count). The van der Waals surface area contributed by atoms with E-state index in [4.69, 9.17) is 0 Å². The summed E-state index contributed by atoms with van der Waals surface area (Å²) >= 11 is 0. The quantitative estimate of drug-likeness (QED) is 0.665. The summed E-state index contributed by atoms with van der Waals surface area (Å²) in [6.07, 6.45) is 8.91. The van der Waals surface area contributed by atoms with E-state index in [1.807, 2.05) is 11.0 Å². The molecular formula is C24H38N4O. The zero-order valence-electron chi connectivity index (χ0n) is 18.5. The number of benzene rings is 1. The van der Waals surface area contributed by atoms with E-state index in [1.165, 1.54) is 37.8 Å². The van der Waals surface area contributed by atoms with Crippen molar-refractivity contribution >= 4 is 17.4 Å². The molecule has 1 saturated heterocycles. The maximum absolute atomic E-state index is 12.7. The normalized spacial score (nSPS) is 17.8. The van der Waals surface area contributed by atoms with Crippen LogP contribution >= 0.6 is 0 Å². The van der Waals surface area contributed by atoms with Crippen molar-refractivity contribution < 1.29 is 4.79 Å². The van der Waals surface area contributed by atoms with Gasteiger partial charge in [-0.25, -0.2) is 4.79 Å². The first-order valence-corrected chi connectivity index (χ1v) is 11.4. The molecule has 1 heterocycles. The van der Waals surface area contributed by atoms with Crippen molar-refractivity contribution in [3.05, 3.63) is 35.4 Å². The van der Waals surface area contributed by atoms with Crippen molar-refractivity contribution in [3.8, 4) is 0 Å². The molecule has 1 aliphatic heterocycles. The van der Waals surface area contributed by atoms with E-state index in [9.17, 15) is 4.79 Å². The van der Waals surface area contributed by atoms with Gasteiger partial charge in [0.05, 0.1) is 0 Å². The van der Waals surface area contributed by atoms with Gasteiger partial charge in [-0.1, -0.05) is 11.6 Å². The SMILES string of the molecule is CCN(CC)c1ccc(NC(=O)N2CCN(CCC3=CCCCC3)CC2)c(C)c1. The second-order valence-electron chi connectivity index (χ2n) is 8.29.